The first-order chi connectivity index (χ1) is 12.7. The predicted molar refractivity (Wildman–Crippen MR) is 106 cm³/mol. The van der Waals surface area contributed by atoms with Crippen molar-refractivity contribution in [2.75, 3.05) is 10.6 Å². The normalized spacial score (nSPS) is 11.7. The molecular formula is C16H20N6O3S2. The number of amides is 4. The van der Waals surface area contributed by atoms with Crippen molar-refractivity contribution in [3.63, 3.8) is 0 Å². The maximum absolute atomic E-state index is 12.1. The lowest BCUT2D eigenvalue weighted by molar-refractivity contribution is -0.120. The number of hydrogen-bond donors (Lipinski definition) is 4. The topological polar surface area (TPSA) is 139 Å². The minimum Gasteiger partial charge on any atom is -0.351 e. The van der Waals surface area contributed by atoms with Crippen LogP contribution < -0.4 is 21.7 Å². The molecule has 0 aliphatic rings. The van der Waals surface area contributed by atoms with E-state index in [9.17, 15) is 14.4 Å². The number of hydrogen-bond acceptors (Lipinski definition) is 8. The number of nitrogens with zero attached hydrogens (tertiary/aromatic N) is 2. The Morgan fingerprint density at radius 1 is 1.19 bits per heavy atom. The molecule has 0 bridgehead atoms. The van der Waals surface area contributed by atoms with E-state index in [0.29, 0.717) is 15.2 Å². The van der Waals surface area contributed by atoms with Gasteiger partial charge in [0.15, 0.2) is 4.34 Å². The van der Waals surface area contributed by atoms with Gasteiger partial charge in [-0.05, 0) is 24.1 Å². The molecule has 0 saturated carbocycles. The van der Waals surface area contributed by atoms with Crippen LogP contribution >= 0.6 is 23.1 Å². The van der Waals surface area contributed by atoms with Gasteiger partial charge in [-0.25, -0.2) is 4.79 Å². The van der Waals surface area contributed by atoms with Crippen molar-refractivity contribution in [3.05, 3.63) is 24.3 Å². The number of urea groups is 1. The Morgan fingerprint density at radius 2 is 1.89 bits per heavy atom. The lowest BCUT2D eigenvalue weighted by Gasteiger charge is -2.16. The summed E-state index contributed by atoms with van der Waals surface area (Å²) >= 11 is 2.49. The van der Waals surface area contributed by atoms with Gasteiger partial charge in [-0.2, -0.15) is 0 Å². The Labute approximate surface area is 164 Å². The summed E-state index contributed by atoms with van der Waals surface area (Å²) in [4.78, 5) is 34.2. The van der Waals surface area contributed by atoms with Gasteiger partial charge in [-0.15, -0.1) is 10.2 Å². The van der Waals surface area contributed by atoms with Crippen LogP contribution in [0.1, 0.15) is 20.8 Å². The van der Waals surface area contributed by atoms with Crippen LogP contribution in [0.3, 0.4) is 0 Å². The smallest absolute Gasteiger partial charge is 0.318 e. The summed E-state index contributed by atoms with van der Waals surface area (Å²) in [6, 6.07) is 6.29. The van der Waals surface area contributed by atoms with Gasteiger partial charge in [0.05, 0.1) is 5.25 Å². The van der Waals surface area contributed by atoms with Crippen molar-refractivity contribution in [1.82, 2.24) is 15.5 Å². The molecule has 5 N–H and O–H groups in total. The second-order valence-corrected chi connectivity index (χ2v) is 8.26. The van der Waals surface area contributed by atoms with E-state index >= 15 is 0 Å². The van der Waals surface area contributed by atoms with E-state index in [4.69, 9.17) is 5.73 Å². The van der Waals surface area contributed by atoms with E-state index in [2.05, 4.69) is 26.1 Å². The van der Waals surface area contributed by atoms with Crippen molar-refractivity contribution in [3.8, 4) is 0 Å². The van der Waals surface area contributed by atoms with Gasteiger partial charge >= 0.3 is 6.03 Å². The zero-order chi connectivity index (χ0) is 20.0. The van der Waals surface area contributed by atoms with E-state index < -0.39 is 17.2 Å². The number of thioether (sulfide) groups is 1. The fourth-order valence-electron chi connectivity index (χ4n) is 2.10. The number of nitrogens with two attached hydrogens (primary N) is 1. The predicted octanol–water partition coefficient (Wildman–Crippen LogP) is 2.55. The molecule has 27 heavy (non-hydrogen) atoms. The Morgan fingerprint density at radius 3 is 2.52 bits per heavy atom. The molecule has 2 rings (SSSR count). The fourth-order valence-corrected chi connectivity index (χ4v) is 4.08. The first-order valence-electron chi connectivity index (χ1n) is 7.99. The average Bonchev–Trinajstić information content (AvgIpc) is 2.98. The van der Waals surface area contributed by atoms with Gasteiger partial charge in [0.25, 0.3) is 0 Å². The monoisotopic (exact) mass is 408 g/mol. The number of nitrogens with one attached hydrogen (secondary N) is 3. The SMILES string of the molecule is CC(=O)Nc1cccc(Nc2nnc(SC(C(=O)NC(N)=O)C(C)C)s2)c1. The molecule has 1 atom stereocenters. The van der Waals surface area contributed by atoms with Gasteiger partial charge in [0, 0.05) is 18.3 Å². The largest absolute Gasteiger partial charge is 0.351 e. The Kier molecular flexibility index (Phi) is 7.13. The summed E-state index contributed by atoms with van der Waals surface area (Å²) in [6.45, 7) is 5.17. The standard InChI is InChI=1S/C16H20N6O3S2/c1-8(2)12(13(24)20-14(17)25)26-16-22-21-15(27-16)19-11-6-4-5-10(7-11)18-9(3)23/h4-8,12H,1-3H3,(H,18,23)(H,19,21)(H3,17,20,24,25). The number of carbonyl (C=O) groups is 3. The third-order valence-corrected chi connectivity index (χ3v) is 5.65. The number of anilines is 3. The highest BCUT2D eigenvalue weighted by Crippen LogP contribution is 2.33. The third kappa shape index (κ3) is 6.53. The summed E-state index contributed by atoms with van der Waals surface area (Å²) in [5.41, 5.74) is 6.41. The number of aromatic nitrogens is 2. The highest BCUT2D eigenvalue weighted by atomic mass is 32.2. The molecule has 0 spiro atoms. The zero-order valence-electron chi connectivity index (χ0n) is 15.0. The lowest BCUT2D eigenvalue weighted by Crippen LogP contribution is -2.42. The van der Waals surface area contributed by atoms with Crippen LogP contribution in [0.4, 0.5) is 21.3 Å². The zero-order valence-corrected chi connectivity index (χ0v) is 16.6. The summed E-state index contributed by atoms with van der Waals surface area (Å²) in [5.74, 6) is -0.657. The number of benzene rings is 1. The number of imide groups is 1. The molecular weight excluding hydrogens is 388 g/mol. The minimum absolute atomic E-state index is 0.0380. The molecule has 11 heteroatoms. The quantitative estimate of drug-likeness (QED) is 0.516. The first kappa shape index (κ1) is 20.6. The van der Waals surface area contributed by atoms with Crippen molar-refractivity contribution in [1.29, 1.82) is 0 Å². The Balaban J connectivity index is 2.06. The van der Waals surface area contributed by atoms with Crippen LogP contribution in [-0.4, -0.2) is 33.3 Å². The highest BCUT2D eigenvalue weighted by Gasteiger charge is 2.26. The summed E-state index contributed by atoms with van der Waals surface area (Å²) in [6.07, 6.45) is 0. The van der Waals surface area contributed by atoms with E-state index in [1.807, 2.05) is 19.9 Å². The maximum atomic E-state index is 12.1. The molecule has 0 radical (unpaired) electrons. The molecule has 0 fully saturated rings. The van der Waals surface area contributed by atoms with Crippen molar-refractivity contribution in [2.45, 2.75) is 30.4 Å². The summed E-state index contributed by atoms with van der Waals surface area (Å²) < 4.78 is 0.578. The minimum atomic E-state index is -0.884. The highest BCUT2D eigenvalue weighted by molar-refractivity contribution is 8.02. The number of primary amides is 1. The van der Waals surface area contributed by atoms with Gasteiger partial charge in [-0.3, -0.25) is 14.9 Å². The molecule has 0 aliphatic carbocycles. The molecule has 1 unspecified atom stereocenters. The second-order valence-electron chi connectivity index (χ2n) is 5.90. The van der Waals surface area contributed by atoms with E-state index in [-0.39, 0.29) is 11.8 Å². The molecule has 4 amide bonds. The summed E-state index contributed by atoms with van der Waals surface area (Å²) in [7, 11) is 0. The molecule has 0 saturated heterocycles. The van der Waals surface area contributed by atoms with Gasteiger partial charge < -0.3 is 16.4 Å². The Bertz CT molecular complexity index is 839. The van der Waals surface area contributed by atoms with Crippen LogP contribution in [0.25, 0.3) is 0 Å². The van der Waals surface area contributed by atoms with Crippen molar-refractivity contribution >= 4 is 57.5 Å². The van der Waals surface area contributed by atoms with Crippen LogP contribution in [0.5, 0.6) is 0 Å². The van der Waals surface area contributed by atoms with E-state index in [1.54, 1.807) is 18.2 Å². The molecule has 9 nitrogen and oxygen atoms in total. The first-order valence-corrected chi connectivity index (χ1v) is 9.69. The van der Waals surface area contributed by atoms with E-state index in [0.717, 1.165) is 5.69 Å². The van der Waals surface area contributed by atoms with Gasteiger partial charge in [0.2, 0.25) is 16.9 Å². The number of rotatable bonds is 7. The van der Waals surface area contributed by atoms with Crippen molar-refractivity contribution < 1.29 is 14.4 Å². The second kappa shape index (κ2) is 9.33. The molecule has 0 aliphatic heterocycles. The molecule has 144 valence electrons. The van der Waals surface area contributed by atoms with Gasteiger partial charge in [-0.1, -0.05) is 43.0 Å². The van der Waals surface area contributed by atoms with Crippen LogP contribution in [-0.2, 0) is 9.59 Å². The summed E-state index contributed by atoms with van der Waals surface area (Å²) in [5, 5.41) is 16.1. The van der Waals surface area contributed by atoms with Gasteiger partial charge in [0.1, 0.15) is 0 Å². The number of carbonyl (C=O) groups excluding carboxylic acids is 3. The third-order valence-electron chi connectivity index (χ3n) is 3.18. The van der Waals surface area contributed by atoms with Crippen LogP contribution in [0, 0.1) is 5.92 Å². The average molecular weight is 409 g/mol. The molecule has 1 aromatic carbocycles. The van der Waals surface area contributed by atoms with E-state index in [1.165, 1.54) is 30.0 Å². The maximum Gasteiger partial charge on any atom is 0.318 e. The fraction of sp³-hybridized carbons (Fsp3) is 0.312. The Hall–Kier alpha value is -2.66. The lowest BCUT2D eigenvalue weighted by atomic mass is 10.1. The van der Waals surface area contributed by atoms with Crippen LogP contribution in [0.15, 0.2) is 28.6 Å². The molecule has 1 heterocycles. The van der Waals surface area contributed by atoms with Crippen molar-refractivity contribution in [2.24, 2.45) is 11.7 Å². The molecule has 1 aromatic heterocycles. The van der Waals surface area contributed by atoms with Crippen LogP contribution in [0.2, 0.25) is 0 Å². The molecule has 2 aromatic rings.